The largest absolute Gasteiger partial charge is 0.493 e. The summed E-state index contributed by atoms with van der Waals surface area (Å²) in [6.45, 7) is 2.74. The predicted octanol–water partition coefficient (Wildman–Crippen LogP) is 5.14. The van der Waals surface area contributed by atoms with Crippen LogP contribution in [0.15, 0.2) is 41.6 Å². The molecule has 0 atom stereocenters. The average Bonchev–Trinajstić information content (AvgIpc) is 3.19. The van der Waals surface area contributed by atoms with Crippen molar-refractivity contribution in [1.82, 2.24) is 14.8 Å². The Kier molecular flexibility index (Phi) is 8.67. The molecule has 0 spiro atoms. The number of ether oxygens (including phenoxy) is 2. The normalized spacial score (nSPS) is 10.8. The summed E-state index contributed by atoms with van der Waals surface area (Å²) >= 11 is 13.3. The van der Waals surface area contributed by atoms with Gasteiger partial charge in [-0.3, -0.25) is 4.79 Å². The van der Waals surface area contributed by atoms with Crippen LogP contribution in [0.2, 0.25) is 10.0 Å². The zero-order valence-corrected chi connectivity index (χ0v) is 20.4. The van der Waals surface area contributed by atoms with E-state index < -0.39 is 0 Å². The zero-order chi connectivity index (χ0) is 23.1. The fourth-order valence-electron chi connectivity index (χ4n) is 3.13. The Labute approximate surface area is 201 Å². The number of amides is 1. The highest BCUT2D eigenvalue weighted by atomic mass is 35.5. The Balaban J connectivity index is 1.60. The number of methoxy groups -OCH3 is 2. The van der Waals surface area contributed by atoms with Crippen LogP contribution < -0.4 is 14.8 Å². The van der Waals surface area contributed by atoms with E-state index in [0.717, 1.165) is 17.8 Å². The first-order valence-electron chi connectivity index (χ1n) is 9.95. The van der Waals surface area contributed by atoms with Gasteiger partial charge in [0, 0.05) is 18.0 Å². The molecular weight excluding hydrogens is 471 g/mol. The summed E-state index contributed by atoms with van der Waals surface area (Å²) in [6, 6.07) is 10.8. The number of anilines is 1. The van der Waals surface area contributed by atoms with Crippen molar-refractivity contribution in [2.75, 3.05) is 25.3 Å². The number of carbonyl (C=O) groups is 1. The van der Waals surface area contributed by atoms with E-state index in [4.69, 9.17) is 32.7 Å². The summed E-state index contributed by atoms with van der Waals surface area (Å²) in [6.07, 6.45) is 1.49. The summed E-state index contributed by atoms with van der Waals surface area (Å²) in [7, 11) is 3.24. The Bertz CT molecular complexity index is 1090. The molecule has 2 aromatic carbocycles. The minimum absolute atomic E-state index is 0.184. The van der Waals surface area contributed by atoms with Gasteiger partial charge < -0.3 is 19.4 Å². The van der Waals surface area contributed by atoms with Crippen LogP contribution in [0.4, 0.5) is 5.69 Å². The highest BCUT2D eigenvalue weighted by molar-refractivity contribution is 7.99. The molecular formula is C22H24Cl2N4O3S. The second-order valence-corrected chi connectivity index (χ2v) is 8.58. The number of rotatable bonds is 10. The van der Waals surface area contributed by atoms with Gasteiger partial charge in [-0.15, -0.1) is 10.2 Å². The molecule has 10 heteroatoms. The molecule has 0 aliphatic heterocycles. The van der Waals surface area contributed by atoms with Crippen LogP contribution in [0.5, 0.6) is 11.5 Å². The molecule has 7 nitrogen and oxygen atoms in total. The van der Waals surface area contributed by atoms with Crippen molar-refractivity contribution in [3.63, 3.8) is 0 Å². The van der Waals surface area contributed by atoms with Gasteiger partial charge in [0.2, 0.25) is 5.91 Å². The first-order chi connectivity index (χ1) is 15.4. The molecule has 1 aromatic heterocycles. The molecule has 3 aromatic rings. The van der Waals surface area contributed by atoms with E-state index in [1.54, 1.807) is 32.4 Å². The molecule has 0 radical (unpaired) electrons. The SMILES string of the molecule is CCn1c(CCc2ccc(OC)c(OC)c2)nnc1SCC(=O)Nc1ccc(Cl)cc1Cl. The summed E-state index contributed by atoms with van der Waals surface area (Å²) < 4.78 is 12.7. The molecule has 170 valence electrons. The number of carbonyl (C=O) groups excluding carboxylic acids is 1. The molecule has 0 fully saturated rings. The van der Waals surface area contributed by atoms with Crippen molar-refractivity contribution in [2.24, 2.45) is 0 Å². The highest BCUT2D eigenvalue weighted by Crippen LogP contribution is 2.28. The first-order valence-corrected chi connectivity index (χ1v) is 11.7. The minimum Gasteiger partial charge on any atom is -0.493 e. The van der Waals surface area contributed by atoms with Crippen molar-refractivity contribution in [3.8, 4) is 11.5 Å². The Morgan fingerprint density at radius 3 is 2.53 bits per heavy atom. The summed E-state index contributed by atoms with van der Waals surface area (Å²) in [5.41, 5.74) is 1.64. The number of aromatic nitrogens is 3. The van der Waals surface area contributed by atoms with Gasteiger partial charge in [-0.1, -0.05) is 41.0 Å². The predicted molar refractivity (Wildman–Crippen MR) is 128 cm³/mol. The molecule has 3 rings (SSSR count). The van der Waals surface area contributed by atoms with Gasteiger partial charge in [0.05, 0.1) is 30.7 Å². The van der Waals surface area contributed by atoms with Crippen molar-refractivity contribution in [2.45, 2.75) is 31.5 Å². The molecule has 0 saturated heterocycles. The third-order valence-corrected chi connectivity index (χ3v) is 6.25. The number of halogens is 2. The zero-order valence-electron chi connectivity index (χ0n) is 18.0. The number of hydrogen-bond acceptors (Lipinski definition) is 6. The van der Waals surface area contributed by atoms with Gasteiger partial charge in [0.1, 0.15) is 5.82 Å². The molecule has 0 unspecified atom stereocenters. The monoisotopic (exact) mass is 494 g/mol. The average molecular weight is 495 g/mol. The lowest BCUT2D eigenvalue weighted by Gasteiger charge is -2.10. The van der Waals surface area contributed by atoms with Crippen LogP contribution >= 0.6 is 35.0 Å². The molecule has 32 heavy (non-hydrogen) atoms. The van der Waals surface area contributed by atoms with Crippen molar-refractivity contribution in [3.05, 3.63) is 57.8 Å². The van der Waals surface area contributed by atoms with Gasteiger partial charge >= 0.3 is 0 Å². The Morgan fingerprint density at radius 1 is 1.06 bits per heavy atom. The Hall–Kier alpha value is -2.42. The van der Waals surface area contributed by atoms with Gasteiger partial charge in [-0.2, -0.15) is 0 Å². The molecule has 1 N–H and O–H groups in total. The van der Waals surface area contributed by atoms with E-state index >= 15 is 0 Å². The molecule has 0 saturated carbocycles. The van der Waals surface area contributed by atoms with Crippen LogP contribution in [-0.2, 0) is 24.2 Å². The van der Waals surface area contributed by atoms with E-state index in [1.807, 2.05) is 29.7 Å². The van der Waals surface area contributed by atoms with Crippen LogP contribution in [0, 0.1) is 0 Å². The van der Waals surface area contributed by atoms with Crippen LogP contribution in [0.25, 0.3) is 0 Å². The standard InChI is InChI=1S/C22H24Cl2N4O3S/c1-4-28-20(10-6-14-5-9-18(30-2)19(11-14)31-3)26-27-22(28)32-13-21(29)25-17-8-7-15(23)12-16(17)24/h5,7-9,11-12H,4,6,10,13H2,1-3H3,(H,25,29). The van der Waals surface area contributed by atoms with E-state index in [-0.39, 0.29) is 11.7 Å². The Morgan fingerprint density at radius 2 is 1.84 bits per heavy atom. The van der Waals surface area contributed by atoms with E-state index in [0.29, 0.717) is 45.4 Å². The number of benzene rings is 2. The highest BCUT2D eigenvalue weighted by Gasteiger charge is 2.14. The third-order valence-electron chi connectivity index (χ3n) is 4.73. The summed E-state index contributed by atoms with van der Waals surface area (Å²) in [5, 5.41) is 13.0. The number of aryl methyl sites for hydroxylation is 2. The summed E-state index contributed by atoms with van der Waals surface area (Å²) in [4.78, 5) is 12.3. The summed E-state index contributed by atoms with van der Waals surface area (Å²) in [5.74, 6) is 2.27. The van der Waals surface area contributed by atoms with Crippen molar-refractivity contribution < 1.29 is 14.3 Å². The lowest BCUT2D eigenvalue weighted by Crippen LogP contribution is -2.15. The smallest absolute Gasteiger partial charge is 0.234 e. The van der Waals surface area contributed by atoms with Gasteiger partial charge in [-0.25, -0.2) is 0 Å². The number of thioether (sulfide) groups is 1. The van der Waals surface area contributed by atoms with E-state index in [2.05, 4.69) is 15.5 Å². The third kappa shape index (κ3) is 6.09. The fourth-order valence-corrected chi connectivity index (χ4v) is 4.40. The molecule has 1 amide bonds. The topological polar surface area (TPSA) is 78.3 Å². The maximum absolute atomic E-state index is 12.3. The first kappa shape index (κ1) is 24.2. The number of nitrogens with zero attached hydrogens (tertiary/aromatic N) is 3. The quantitative estimate of drug-likeness (QED) is 0.393. The van der Waals surface area contributed by atoms with Crippen molar-refractivity contribution >= 4 is 46.6 Å². The number of hydrogen-bond donors (Lipinski definition) is 1. The van der Waals surface area contributed by atoms with E-state index in [9.17, 15) is 4.79 Å². The van der Waals surface area contributed by atoms with E-state index in [1.165, 1.54) is 11.8 Å². The molecule has 0 bridgehead atoms. The minimum atomic E-state index is -0.184. The van der Waals surface area contributed by atoms with Gasteiger partial charge in [0.15, 0.2) is 16.7 Å². The van der Waals surface area contributed by atoms with Gasteiger partial charge in [0.25, 0.3) is 0 Å². The second-order valence-electron chi connectivity index (χ2n) is 6.79. The van der Waals surface area contributed by atoms with Crippen LogP contribution in [0.1, 0.15) is 18.3 Å². The van der Waals surface area contributed by atoms with Gasteiger partial charge in [-0.05, 0) is 49.2 Å². The van der Waals surface area contributed by atoms with Crippen molar-refractivity contribution in [1.29, 1.82) is 0 Å². The number of nitrogens with one attached hydrogen (secondary N) is 1. The fraction of sp³-hybridized carbons (Fsp3) is 0.318. The maximum Gasteiger partial charge on any atom is 0.234 e. The van der Waals surface area contributed by atoms with Crippen LogP contribution in [0.3, 0.4) is 0 Å². The maximum atomic E-state index is 12.3. The molecule has 0 aliphatic carbocycles. The second kappa shape index (κ2) is 11.4. The lowest BCUT2D eigenvalue weighted by atomic mass is 10.1. The molecule has 1 heterocycles. The lowest BCUT2D eigenvalue weighted by molar-refractivity contribution is -0.113. The van der Waals surface area contributed by atoms with Crippen LogP contribution in [-0.4, -0.2) is 40.6 Å². The molecule has 0 aliphatic rings.